The minimum atomic E-state index is -0.596. The van der Waals surface area contributed by atoms with E-state index >= 15 is 0 Å². The molecule has 4 aromatic rings. The van der Waals surface area contributed by atoms with Crippen LogP contribution in [0.1, 0.15) is 17.3 Å². The zero-order chi connectivity index (χ0) is 22.8. The minimum absolute atomic E-state index is 0.0962. The molecule has 1 N–H and O–H groups in total. The Bertz CT molecular complexity index is 1350. The van der Waals surface area contributed by atoms with Gasteiger partial charge < -0.3 is 14.5 Å². The molecule has 0 atom stereocenters. The van der Waals surface area contributed by atoms with Crippen molar-refractivity contribution in [3.63, 3.8) is 0 Å². The topological polar surface area (TPSA) is 108 Å². The maximum atomic E-state index is 12.7. The number of aromatic nitrogens is 1. The second kappa shape index (κ2) is 8.86. The molecule has 4 rings (SSSR count). The van der Waals surface area contributed by atoms with Gasteiger partial charge in [0.25, 0.3) is 5.91 Å². The van der Waals surface area contributed by atoms with Crippen LogP contribution in [0.5, 0.6) is 5.75 Å². The first kappa shape index (κ1) is 21.6. The number of nitro groups is 1. The van der Waals surface area contributed by atoms with Crippen LogP contribution in [-0.2, 0) is 0 Å². The van der Waals surface area contributed by atoms with Gasteiger partial charge in [-0.3, -0.25) is 14.9 Å². The molecule has 1 heterocycles. The third kappa shape index (κ3) is 4.37. The van der Waals surface area contributed by atoms with Crippen molar-refractivity contribution in [1.82, 2.24) is 4.98 Å². The first-order valence-electron chi connectivity index (χ1n) is 9.44. The van der Waals surface area contributed by atoms with Gasteiger partial charge in [0.15, 0.2) is 11.3 Å². The highest BCUT2D eigenvalue weighted by Gasteiger charge is 2.19. The first-order valence-corrected chi connectivity index (χ1v) is 10.2. The normalized spacial score (nSPS) is 10.8. The molecule has 32 heavy (non-hydrogen) atoms. The lowest BCUT2D eigenvalue weighted by molar-refractivity contribution is -0.385. The zero-order valence-electron chi connectivity index (χ0n) is 16.6. The summed E-state index contributed by atoms with van der Waals surface area (Å²) in [6.07, 6.45) is 0. The van der Waals surface area contributed by atoms with Gasteiger partial charge in [0.1, 0.15) is 5.52 Å². The van der Waals surface area contributed by atoms with E-state index in [1.807, 2.05) is 0 Å². The first-order chi connectivity index (χ1) is 15.4. The Morgan fingerprint density at radius 1 is 1.16 bits per heavy atom. The highest BCUT2D eigenvalue weighted by molar-refractivity contribution is 6.33. The van der Waals surface area contributed by atoms with Crippen molar-refractivity contribution < 1.29 is 18.9 Å². The van der Waals surface area contributed by atoms with Crippen molar-refractivity contribution in [2.45, 2.75) is 6.92 Å². The van der Waals surface area contributed by atoms with E-state index in [9.17, 15) is 14.9 Å². The molecule has 3 aromatic carbocycles. The van der Waals surface area contributed by atoms with Crippen molar-refractivity contribution in [2.24, 2.45) is 0 Å². The molecule has 0 radical (unpaired) electrons. The number of ether oxygens (including phenoxy) is 1. The van der Waals surface area contributed by atoms with Crippen molar-refractivity contribution in [2.75, 3.05) is 11.9 Å². The smallest absolute Gasteiger partial charge is 0.311 e. The van der Waals surface area contributed by atoms with Crippen LogP contribution in [0.25, 0.3) is 22.6 Å². The largest absolute Gasteiger partial charge is 0.487 e. The Morgan fingerprint density at radius 3 is 2.72 bits per heavy atom. The molecule has 0 aliphatic heterocycles. The maximum Gasteiger partial charge on any atom is 0.311 e. The molecule has 0 bridgehead atoms. The number of amides is 1. The Kier molecular flexibility index (Phi) is 5.98. The molecule has 0 fully saturated rings. The van der Waals surface area contributed by atoms with Crippen LogP contribution in [-0.4, -0.2) is 22.4 Å². The summed E-state index contributed by atoms with van der Waals surface area (Å²) in [5, 5.41) is 14.9. The number of carbonyl (C=O) groups is 1. The minimum Gasteiger partial charge on any atom is -0.487 e. The van der Waals surface area contributed by atoms with E-state index in [1.165, 1.54) is 18.2 Å². The average molecular weight is 472 g/mol. The lowest BCUT2D eigenvalue weighted by atomic mass is 10.1. The number of nitro benzene ring substituents is 1. The van der Waals surface area contributed by atoms with E-state index in [1.54, 1.807) is 43.3 Å². The van der Waals surface area contributed by atoms with Crippen LogP contribution >= 0.6 is 23.2 Å². The van der Waals surface area contributed by atoms with Crippen LogP contribution in [0, 0.1) is 10.1 Å². The number of nitrogens with zero attached hydrogens (tertiary/aromatic N) is 2. The van der Waals surface area contributed by atoms with Gasteiger partial charge in [0, 0.05) is 22.3 Å². The van der Waals surface area contributed by atoms with Gasteiger partial charge in [-0.2, -0.15) is 0 Å². The van der Waals surface area contributed by atoms with Crippen molar-refractivity contribution >= 4 is 51.6 Å². The summed E-state index contributed by atoms with van der Waals surface area (Å²) in [7, 11) is 0. The van der Waals surface area contributed by atoms with E-state index in [-0.39, 0.29) is 29.5 Å². The van der Waals surface area contributed by atoms with Crippen LogP contribution in [0.3, 0.4) is 0 Å². The monoisotopic (exact) mass is 471 g/mol. The predicted molar refractivity (Wildman–Crippen MR) is 122 cm³/mol. The number of hydrogen-bond acceptors (Lipinski definition) is 6. The number of anilines is 1. The van der Waals surface area contributed by atoms with Gasteiger partial charge in [-0.05, 0) is 55.5 Å². The number of oxazole rings is 1. The highest BCUT2D eigenvalue weighted by Crippen LogP contribution is 2.33. The van der Waals surface area contributed by atoms with Crippen molar-refractivity contribution in [1.29, 1.82) is 0 Å². The summed E-state index contributed by atoms with van der Waals surface area (Å²) >= 11 is 12.3. The summed E-state index contributed by atoms with van der Waals surface area (Å²) in [5.74, 6) is -0.173. The number of nitrogens with one attached hydrogen (secondary N) is 1. The second-order valence-corrected chi connectivity index (χ2v) is 7.50. The Morgan fingerprint density at radius 2 is 1.97 bits per heavy atom. The number of carbonyl (C=O) groups excluding carboxylic acids is 1. The van der Waals surface area contributed by atoms with Gasteiger partial charge in [0.2, 0.25) is 5.89 Å². The number of halogens is 2. The third-order valence-corrected chi connectivity index (χ3v) is 5.09. The standard InChI is InChI=1S/C22H15Cl2N3O5/c1-2-31-20-7-3-12(9-18(20)27(29)30)21(28)25-14-5-6-16(24)15(11-14)22-26-17-10-13(23)4-8-19(17)32-22/h3-11H,2H2,1H3,(H,25,28). The van der Waals surface area contributed by atoms with E-state index in [0.717, 1.165) is 0 Å². The maximum absolute atomic E-state index is 12.7. The molecule has 10 heteroatoms. The fraction of sp³-hybridized carbons (Fsp3) is 0.0909. The lowest BCUT2D eigenvalue weighted by Crippen LogP contribution is -2.12. The number of benzene rings is 3. The van der Waals surface area contributed by atoms with E-state index in [2.05, 4.69) is 10.3 Å². The fourth-order valence-electron chi connectivity index (χ4n) is 3.06. The van der Waals surface area contributed by atoms with E-state index in [0.29, 0.717) is 32.4 Å². The second-order valence-electron chi connectivity index (χ2n) is 6.65. The van der Waals surface area contributed by atoms with Gasteiger partial charge in [-0.25, -0.2) is 4.98 Å². The van der Waals surface area contributed by atoms with Crippen LogP contribution in [0.4, 0.5) is 11.4 Å². The fourth-order valence-corrected chi connectivity index (χ4v) is 3.43. The van der Waals surface area contributed by atoms with Gasteiger partial charge in [-0.15, -0.1) is 0 Å². The number of fused-ring (bicyclic) bond motifs is 1. The highest BCUT2D eigenvalue weighted by atomic mass is 35.5. The van der Waals surface area contributed by atoms with Gasteiger partial charge in [0.05, 0.1) is 22.1 Å². The summed E-state index contributed by atoms with van der Waals surface area (Å²) in [6.45, 7) is 1.98. The summed E-state index contributed by atoms with van der Waals surface area (Å²) in [5.41, 5.74) is 1.80. The van der Waals surface area contributed by atoms with Crippen LogP contribution in [0.15, 0.2) is 59.0 Å². The molecule has 0 saturated heterocycles. The van der Waals surface area contributed by atoms with Crippen molar-refractivity contribution in [3.8, 4) is 17.2 Å². The van der Waals surface area contributed by atoms with E-state index < -0.39 is 10.8 Å². The lowest BCUT2D eigenvalue weighted by Gasteiger charge is -2.09. The number of hydrogen-bond donors (Lipinski definition) is 1. The molecule has 0 aliphatic rings. The van der Waals surface area contributed by atoms with Gasteiger partial charge >= 0.3 is 5.69 Å². The Hall–Kier alpha value is -3.62. The molecule has 1 amide bonds. The summed E-state index contributed by atoms with van der Waals surface area (Å²) in [6, 6.07) is 13.9. The molecule has 0 saturated carbocycles. The molecule has 0 aliphatic carbocycles. The van der Waals surface area contributed by atoms with Crippen LogP contribution < -0.4 is 10.1 Å². The number of rotatable bonds is 6. The molecular formula is C22H15Cl2N3O5. The predicted octanol–water partition coefficient (Wildman–Crippen LogP) is 6.36. The van der Waals surface area contributed by atoms with Crippen LogP contribution in [0.2, 0.25) is 10.0 Å². The molecule has 0 spiro atoms. The molecule has 0 unspecified atom stereocenters. The molecule has 1 aromatic heterocycles. The average Bonchev–Trinajstić information content (AvgIpc) is 3.18. The zero-order valence-corrected chi connectivity index (χ0v) is 18.1. The third-order valence-electron chi connectivity index (χ3n) is 4.52. The SMILES string of the molecule is CCOc1ccc(C(=O)Nc2ccc(Cl)c(-c3nc4cc(Cl)ccc4o3)c2)cc1[N+](=O)[O-]. The Balaban J connectivity index is 1.63. The van der Waals surface area contributed by atoms with Crippen molar-refractivity contribution in [3.05, 3.63) is 80.3 Å². The quantitative estimate of drug-likeness (QED) is 0.258. The van der Waals surface area contributed by atoms with Gasteiger partial charge in [-0.1, -0.05) is 23.2 Å². The molecular weight excluding hydrogens is 457 g/mol. The molecule has 8 nitrogen and oxygen atoms in total. The molecule has 162 valence electrons. The van der Waals surface area contributed by atoms with E-state index in [4.69, 9.17) is 32.4 Å². The summed E-state index contributed by atoms with van der Waals surface area (Å²) < 4.78 is 11.0. The Labute approximate surface area is 191 Å². The summed E-state index contributed by atoms with van der Waals surface area (Å²) in [4.78, 5) is 27.8.